The van der Waals surface area contributed by atoms with Gasteiger partial charge in [-0.25, -0.2) is 0 Å². The monoisotopic (exact) mass is 227 g/mol. The molecule has 1 rings (SSSR count). The zero-order valence-corrected chi connectivity index (χ0v) is 9.45. The van der Waals surface area contributed by atoms with E-state index in [4.69, 9.17) is 15.2 Å². The first-order chi connectivity index (χ1) is 7.11. The first kappa shape index (κ1) is 11.7. The Balaban J connectivity index is 3.27. The number of ether oxygens (including phenoxy) is 2. The summed E-state index contributed by atoms with van der Waals surface area (Å²) in [7, 11) is 3.03. The summed E-state index contributed by atoms with van der Waals surface area (Å²) in [5.41, 5.74) is 5.74. The molecule has 0 saturated heterocycles. The third-order valence-corrected chi connectivity index (χ3v) is 2.52. The Labute approximate surface area is 93.8 Å². The van der Waals surface area contributed by atoms with Crippen molar-refractivity contribution < 1.29 is 14.3 Å². The molecule has 1 aromatic rings. The van der Waals surface area contributed by atoms with Crippen molar-refractivity contribution in [1.82, 2.24) is 0 Å². The second-order valence-corrected chi connectivity index (χ2v) is 3.40. The van der Waals surface area contributed by atoms with Gasteiger partial charge in [-0.1, -0.05) is 6.07 Å². The first-order valence-electron chi connectivity index (χ1n) is 4.30. The van der Waals surface area contributed by atoms with Crippen LogP contribution in [0.25, 0.3) is 0 Å². The maximum absolute atomic E-state index is 11.1. The zero-order chi connectivity index (χ0) is 11.4. The predicted octanol–water partition coefficient (Wildman–Crippen LogP) is 1.16. The highest BCUT2D eigenvalue weighted by atomic mass is 32.1. The number of amides is 1. The van der Waals surface area contributed by atoms with Crippen molar-refractivity contribution in [2.45, 2.75) is 5.25 Å². The minimum atomic E-state index is -0.740. The van der Waals surface area contributed by atoms with E-state index in [0.717, 1.165) is 0 Å². The maximum atomic E-state index is 11.1. The fourth-order valence-corrected chi connectivity index (χ4v) is 1.55. The number of benzene rings is 1. The maximum Gasteiger partial charge on any atom is 0.235 e. The Morgan fingerprint density at radius 3 is 2.13 bits per heavy atom. The van der Waals surface area contributed by atoms with E-state index in [1.807, 2.05) is 0 Å². The van der Waals surface area contributed by atoms with Crippen LogP contribution in [0.5, 0.6) is 11.5 Å². The summed E-state index contributed by atoms with van der Waals surface area (Å²) >= 11 is 4.13. The van der Waals surface area contributed by atoms with Crippen LogP contribution in [-0.2, 0) is 4.79 Å². The quantitative estimate of drug-likeness (QED) is 0.759. The van der Waals surface area contributed by atoms with E-state index in [-0.39, 0.29) is 0 Å². The fourth-order valence-electron chi connectivity index (χ4n) is 1.29. The lowest BCUT2D eigenvalue weighted by Crippen LogP contribution is -2.18. The Morgan fingerprint density at radius 2 is 1.80 bits per heavy atom. The molecule has 0 heterocycles. The highest BCUT2D eigenvalue weighted by Gasteiger charge is 2.21. The Morgan fingerprint density at radius 1 is 1.33 bits per heavy atom. The number of nitrogens with two attached hydrogens (primary N) is 1. The molecular weight excluding hydrogens is 214 g/mol. The minimum Gasteiger partial charge on any atom is -0.496 e. The number of thiol groups is 1. The Bertz CT molecular complexity index is 345. The third kappa shape index (κ3) is 2.36. The third-order valence-electron chi connectivity index (χ3n) is 2.01. The molecule has 1 unspecified atom stereocenters. The van der Waals surface area contributed by atoms with E-state index in [1.54, 1.807) is 18.2 Å². The van der Waals surface area contributed by atoms with Crippen molar-refractivity contribution in [3.8, 4) is 11.5 Å². The molecule has 1 aromatic carbocycles. The number of carbonyl (C=O) groups is 1. The van der Waals surface area contributed by atoms with Gasteiger partial charge in [0.25, 0.3) is 0 Å². The van der Waals surface area contributed by atoms with E-state index >= 15 is 0 Å². The highest BCUT2D eigenvalue weighted by molar-refractivity contribution is 7.81. The molecule has 0 aliphatic carbocycles. The molecule has 0 aliphatic heterocycles. The average molecular weight is 227 g/mol. The lowest BCUT2D eigenvalue weighted by Gasteiger charge is -2.15. The smallest absolute Gasteiger partial charge is 0.235 e. The number of primary amides is 1. The van der Waals surface area contributed by atoms with E-state index in [9.17, 15) is 4.79 Å². The standard InChI is InChI=1S/C10H13NO3S/c1-13-6-4-3-5-7(14-2)8(6)9(15)10(11)12/h3-5,9,15H,1-2H3,(H2,11,12). The van der Waals surface area contributed by atoms with Crippen molar-refractivity contribution in [2.24, 2.45) is 5.73 Å². The lowest BCUT2D eigenvalue weighted by atomic mass is 10.1. The molecule has 15 heavy (non-hydrogen) atoms. The van der Waals surface area contributed by atoms with Crippen LogP contribution in [0, 0.1) is 0 Å². The SMILES string of the molecule is COc1cccc(OC)c1C(S)C(N)=O. The van der Waals surface area contributed by atoms with Crippen LogP contribution < -0.4 is 15.2 Å². The normalized spacial score (nSPS) is 11.9. The summed E-state index contributed by atoms with van der Waals surface area (Å²) in [5.74, 6) is 0.530. The van der Waals surface area contributed by atoms with Crippen molar-refractivity contribution in [3.63, 3.8) is 0 Å². The van der Waals surface area contributed by atoms with Crippen LogP contribution in [0.3, 0.4) is 0 Å². The van der Waals surface area contributed by atoms with Gasteiger partial charge in [-0.3, -0.25) is 4.79 Å². The average Bonchev–Trinajstić information content (AvgIpc) is 2.26. The van der Waals surface area contributed by atoms with Gasteiger partial charge in [0, 0.05) is 0 Å². The molecule has 82 valence electrons. The van der Waals surface area contributed by atoms with Gasteiger partial charge in [-0.05, 0) is 12.1 Å². The van der Waals surface area contributed by atoms with Crippen LogP contribution in [0.4, 0.5) is 0 Å². The number of carbonyl (C=O) groups excluding carboxylic acids is 1. The topological polar surface area (TPSA) is 61.6 Å². The van der Waals surface area contributed by atoms with Gasteiger partial charge in [0.2, 0.25) is 5.91 Å². The summed E-state index contributed by atoms with van der Waals surface area (Å²) in [4.78, 5) is 11.1. The zero-order valence-electron chi connectivity index (χ0n) is 8.56. The fraction of sp³-hybridized carbons (Fsp3) is 0.300. The summed E-state index contributed by atoms with van der Waals surface area (Å²) in [6.07, 6.45) is 0. The second kappa shape index (κ2) is 4.93. The molecule has 0 aromatic heterocycles. The molecule has 0 saturated carbocycles. The van der Waals surface area contributed by atoms with Crippen molar-refractivity contribution in [3.05, 3.63) is 23.8 Å². The van der Waals surface area contributed by atoms with Gasteiger partial charge in [0.05, 0.1) is 19.8 Å². The Hall–Kier alpha value is -1.36. The molecule has 0 bridgehead atoms. The van der Waals surface area contributed by atoms with Gasteiger partial charge < -0.3 is 15.2 Å². The van der Waals surface area contributed by atoms with Crippen LogP contribution >= 0.6 is 12.6 Å². The van der Waals surface area contributed by atoms with Crippen LogP contribution in [-0.4, -0.2) is 20.1 Å². The molecule has 0 aliphatic rings. The minimum absolute atomic E-state index is 0.535. The molecule has 0 radical (unpaired) electrons. The van der Waals surface area contributed by atoms with Gasteiger partial charge in [-0.15, -0.1) is 0 Å². The first-order valence-corrected chi connectivity index (χ1v) is 4.81. The molecule has 5 heteroatoms. The van der Waals surface area contributed by atoms with Gasteiger partial charge in [-0.2, -0.15) is 12.6 Å². The largest absolute Gasteiger partial charge is 0.496 e. The van der Waals surface area contributed by atoms with Gasteiger partial charge >= 0.3 is 0 Å². The van der Waals surface area contributed by atoms with Crippen LogP contribution in [0.1, 0.15) is 10.8 Å². The number of hydrogen-bond acceptors (Lipinski definition) is 4. The number of hydrogen-bond donors (Lipinski definition) is 2. The summed E-state index contributed by atoms with van der Waals surface area (Å²) in [6, 6.07) is 5.22. The van der Waals surface area contributed by atoms with Crippen molar-refractivity contribution >= 4 is 18.5 Å². The number of rotatable bonds is 4. The van der Waals surface area contributed by atoms with Crippen LogP contribution in [0.2, 0.25) is 0 Å². The molecule has 2 N–H and O–H groups in total. The molecule has 1 atom stereocenters. The molecule has 4 nitrogen and oxygen atoms in total. The second-order valence-electron chi connectivity index (χ2n) is 2.88. The van der Waals surface area contributed by atoms with E-state index < -0.39 is 11.2 Å². The number of methoxy groups -OCH3 is 2. The van der Waals surface area contributed by atoms with Crippen LogP contribution in [0.15, 0.2) is 18.2 Å². The summed E-state index contributed by atoms with van der Waals surface area (Å²) in [6.45, 7) is 0. The predicted molar refractivity (Wildman–Crippen MR) is 60.5 cm³/mol. The van der Waals surface area contributed by atoms with Crippen molar-refractivity contribution in [1.29, 1.82) is 0 Å². The van der Waals surface area contributed by atoms with E-state index in [2.05, 4.69) is 12.6 Å². The molecule has 0 spiro atoms. The molecule has 0 fully saturated rings. The van der Waals surface area contributed by atoms with Crippen molar-refractivity contribution in [2.75, 3.05) is 14.2 Å². The molecular formula is C10H13NO3S. The highest BCUT2D eigenvalue weighted by Crippen LogP contribution is 2.36. The lowest BCUT2D eigenvalue weighted by molar-refractivity contribution is -0.117. The van der Waals surface area contributed by atoms with Gasteiger partial charge in [0.15, 0.2) is 0 Å². The van der Waals surface area contributed by atoms with E-state index in [0.29, 0.717) is 17.1 Å². The summed E-state index contributed by atoms with van der Waals surface area (Å²) < 4.78 is 10.2. The van der Waals surface area contributed by atoms with Gasteiger partial charge in [0.1, 0.15) is 16.7 Å². The van der Waals surface area contributed by atoms with E-state index in [1.165, 1.54) is 14.2 Å². The molecule has 1 amide bonds. The Kier molecular flexibility index (Phi) is 3.85. The summed E-state index contributed by atoms with van der Waals surface area (Å²) in [5, 5.41) is -0.740.